The van der Waals surface area contributed by atoms with E-state index in [-0.39, 0.29) is 0 Å². The number of terminal acetylenes is 1. The second kappa shape index (κ2) is 7.29. The van der Waals surface area contributed by atoms with Crippen LogP contribution in [0.4, 0.5) is 0 Å². The van der Waals surface area contributed by atoms with Crippen LogP contribution in [0.5, 0.6) is 0 Å². The molecule has 1 aromatic rings. The van der Waals surface area contributed by atoms with Gasteiger partial charge in [0, 0.05) is 0 Å². The second-order valence-corrected chi connectivity index (χ2v) is 6.00. The maximum absolute atomic E-state index is 11.3. The van der Waals surface area contributed by atoms with Gasteiger partial charge in [-0.2, -0.15) is 8.42 Å². The maximum Gasteiger partial charge on any atom is 0.265 e. The van der Waals surface area contributed by atoms with Gasteiger partial charge in [0.25, 0.3) is 10.1 Å². The molecule has 4 nitrogen and oxygen atoms in total. The second-order valence-electron chi connectivity index (χ2n) is 4.40. The largest absolute Gasteiger partial charge is 0.269 e. The van der Waals surface area contributed by atoms with Gasteiger partial charge in [-0.05, 0) is 25.5 Å². The number of hydrogen-bond donors (Lipinski definition) is 0. The molecule has 0 aromatic heterocycles. The Morgan fingerprint density at radius 1 is 1.37 bits per heavy atom. The summed E-state index contributed by atoms with van der Waals surface area (Å²) in [7, 11) is -1.75. The highest BCUT2D eigenvalue weighted by molar-refractivity contribution is 7.86. The lowest BCUT2D eigenvalue weighted by Gasteiger charge is -2.25. The highest BCUT2D eigenvalue weighted by atomic mass is 32.2. The van der Waals surface area contributed by atoms with Crippen LogP contribution in [0.25, 0.3) is 0 Å². The van der Waals surface area contributed by atoms with Crippen LogP contribution in [0, 0.1) is 12.3 Å². The zero-order valence-corrected chi connectivity index (χ0v) is 12.1. The van der Waals surface area contributed by atoms with Gasteiger partial charge in [-0.25, -0.2) is 0 Å². The third-order valence-corrected chi connectivity index (χ3v) is 3.21. The summed E-state index contributed by atoms with van der Waals surface area (Å²) < 4.78 is 27.6. The fourth-order valence-electron chi connectivity index (χ4n) is 1.72. The van der Waals surface area contributed by atoms with Crippen molar-refractivity contribution in [1.29, 1.82) is 0 Å². The molecule has 0 saturated heterocycles. The highest BCUT2D eigenvalue weighted by Crippen LogP contribution is 2.12. The van der Waals surface area contributed by atoms with Gasteiger partial charge in [-0.1, -0.05) is 36.3 Å². The van der Waals surface area contributed by atoms with Gasteiger partial charge in [-0.3, -0.25) is 9.08 Å². The Kier molecular flexibility index (Phi) is 6.03. The summed E-state index contributed by atoms with van der Waals surface area (Å²) in [5.74, 6) is 2.48. The molecular formula is C14H19NO3S. The van der Waals surface area contributed by atoms with E-state index in [2.05, 4.69) is 5.92 Å². The van der Waals surface area contributed by atoms with Crippen LogP contribution < -0.4 is 0 Å². The molecule has 5 heteroatoms. The Morgan fingerprint density at radius 2 is 2.00 bits per heavy atom. The first-order valence-corrected chi connectivity index (χ1v) is 7.80. The Morgan fingerprint density at radius 3 is 2.53 bits per heavy atom. The normalized spacial score (nSPS) is 13.2. The molecule has 0 radical (unpaired) electrons. The van der Waals surface area contributed by atoms with Crippen molar-refractivity contribution in [3.05, 3.63) is 35.9 Å². The fourth-order valence-corrected chi connectivity index (χ4v) is 2.37. The third-order valence-electron chi connectivity index (χ3n) is 2.64. The molecule has 0 saturated carbocycles. The first-order valence-electron chi connectivity index (χ1n) is 5.98. The summed E-state index contributed by atoms with van der Waals surface area (Å²) in [6, 6.07) is 9.84. The molecule has 0 heterocycles. The standard InChI is InChI=1S/C14H19NO3S/c1-4-12-15(2)14(18-19(3,16)17)11-10-13-8-6-5-7-9-13/h1,5-9,14H,10-12H2,2-3H3. The zero-order valence-electron chi connectivity index (χ0n) is 11.2. The lowest BCUT2D eigenvalue weighted by atomic mass is 10.1. The predicted molar refractivity (Wildman–Crippen MR) is 75.9 cm³/mol. The quantitative estimate of drug-likeness (QED) is 0.431. The third kappa shape index (κ3) is 6.39. The minimum Gasteiger partial charge on any atom is -0.269 e. The molecule has 0 aliphatic carbocycles. The van der Waals surface area contributed by atoms with E-state index < -0.39 is 16.3 Å². The first-order chi connectivity index (χ1) is 8.92. The van der Waals surface area contributed by atoms with E-state index in [4.69, 9.17) is 10.6 Å². The van der Waals surface area contributed by atoms with E-state index in [0.717, 1.165) is 18.2 Å². The van der Waals surface area contributed by atoms with Gasteiger partial charge < -0.3 is 0 Å². The van der Waals surface area contributed by atoms with Crippen LogP contribution in [0.15, 0.2) is 30.3 Å². The number of rotatable bonds is 7. The molecule has 0 aliphatic rings. The van der Waals surface area contributed by atoms with Crippen LogP contribution in [0.3, 0.4) is 0 Å². The zero-order chi connectivity index (χ0) is 14.3. The number of hydrogen-bond acceptors (Lipinski definition) is 4. The lowest BCUT2D eigenvalue weighted by Crippen LogP contribution is -2.36. The summed E-state index contributed by atoms with van der Waals surface area (Å²) in [5.41, 5.74) is 1.14. The van der Waals surface area contributed by atoms with Gasteiger partial charge in [-0.15, -0.1) is 6.42 Å². The van der Waals surface area contributed by atoms with Crippen molar-refractivity contribution in [3.63, 3.8) is 0 Å². The van der Waals surface area contributed by atoms with Crippen molar-refractivity contribution in [1.82, 2.24) is 4.90 Å². The fraction of sp³-hybridized carbons (Fsp3) is 0.429. The average Bonchev–Trinajstić information content (AvgIpc) is 2.34. The summed E-state index contributed by atoms with van der Waals surface area (Å²) >= 11 is 0. The van der Waals surface area contributed by atoms with Crippen molar-refractivity contribution in [2.45, 2.75) is 19.1 Å². The molecule has 0 spiro atoms. The highest BCUT2D eigenvalue weighted by Gasteiger charge is 2.19. The summed E-state index contributed by atoms with van der Waals surface area (Å²) in [4.78, 5) is 1.71. The summed E-state index contributed by atoms with van der Waals surface area (Å²) in [6.45, 7) is 0.342. The van der Waals surface area contributed by atoms with Crippen molar-refractivity contribution in [2.75, 3.05) is 19.8 Å². The molecular weight excluding hydrogens is 262 g/mol. The summed E-state index contributed by atoms with van der Waals surface area (Å²) in [5, 5.41) is 0. The molecule has 0 aliphatic heterocycles. The molecule has 0 fully saturated rings. The molecule has 104 valence electrons. The predicted octanol–water partition coefficient (Wildman–Crippen LogP) is 1.49. The Labute approximate surface area is 115 Å². The van der Waals surface area contributed by atoms with Gasteiger partial charge in [0.1, 0.15) is 6.23 Å². The molecule has 0 bridgehead atoms. The maximum atomic E-state index is 11.3. The Balaban J connectivity index is 2.66. The average molecular weight is 281 g/mol. The molecule has 1 rings (SSSR count). The van der Waals surface area contributed by atoms with Crippen molar-refractivity contribution in [2.24, 2.45) is 0 Å². The molecule has 19 heavy (non-hydrogen) atoms. The minimum absolute atomic E-state index is 0.342. The van der Waals surface area contributed by atoms with Crippen LogP contribution in [-0.2, 0) is 20.7 Å². The van der Waals surface area contributed by atoms with Gasteiger partial charge in [0.2, 0.25) is 0 Å². The van der Waals surface area contributed by atoms with Crippen LogP contribution in [-0.4, -0.2) is 39.4 Å². The van der Waals surface area contributed by atoms with Gasteiger partial charge in [0.15, 0.2) is 0 Å². The monoisotopic (exact) mass is 281 g/mol. The summed E-state index contributed by atoms with van der Waals surface area (Å²) in [6.07, 6.45) is 7.05. The van der Waals surface area contributed by atoms with Crippen LogP contribution >= 0.6 is 0 Å². The Bertz CT molecular complexity index is 519. The van der Waals surface area contributed by atoms with Crippen LogP contribution in [0.2, 0.25) is 0 Å². The Hall–Kier alpha value is -1.35. The topological polar surface area (TPSA) is 46.6 Å². The number of benzene rings is 1. The number of nitrogens with zero attached hydrogens (tertiary/aromatic N) is 1. The number of aryl methyl sites for hydroxylation is 1. The SMILES string of the molecule is C#CCN(C)C(CCc1ccccc1)OS(C)(=O)=O. The van der Waals surface area contributed by atoms with Crippen molar-refractivity contribution < 1.29 is 12.6 Å². The first kappa shape index (κ1) is 15.7. The van der Waals surface area contributed by atoms with Gasteiger partial charge >= 0.3 is 0 Å². The van der Waals surface area contributed by atoms with E-state index in [9.17, 15) is 8.42 Å². The minimum atomic E-state index is -3.50. The van der Waals surface area contributed by atoms with E-state index in [1.807, 2.05) is 30.3 Å². The molecule has 1 atom stereocenters. The molecule has 1 aromatic carbocycles. The van der Waals surface area contributed by atoms with Crippen LogP contribution in [0.1, 0.15) is 12.0 Å². The van der Waals surface area contributed by atoms with E-state index in [1.165, 1.54) is 0 Å². The van der Waals surface area contributed by atoms with E-state index in [0.29, 0.717) is 13.0 Å². The molecule has 0 amide bonds. The van der Waals surface area contributed by atoms with Crippen molar-refractivity contribution in [3.8, 4) is 12.3 Å². The van der Waals surface area contributed by atoms with Gasteiger partial charge in [0.05, 0.1) is 12.8 Å². The lowest BCUT2D eigenvalue weighted by molar-refractivity contribution is 0.0549. The molecule has 0 N–H and O–H groups in total. The van der Waals surface area contributed by atoms with E-state index >= 15 is 0 Å². The van der Waals surface area contributed by atoms with Crippen molar-refractivity contribution >= 4 is 10.1 Å². The smallest absolute Gasteiger partial charge is 0.265 e. The molecule has 1 unspecified atom stereocenters. The van der Waals surface area contributed by atoms with E-state index in [1.54, 1.807) is 11.9 Å².